The van der Waals surface area contributed by atoms with Crippen LogP contribution in [0.4, 0.5) is 23.4 Å². The fourth-order valence-electron chi connectivity index (χ4n) is 4.23. The fourth-order valence-corrected chi connectivity index (χ4v) is 4.23. The van der Waals surface area contributed by atoms with Crippen LogP contribution in [0.25, 0.3) is 27.8 Å². The van der Waals surface area contributed by atoms with Crippen LogP contribution >= 0.6 is 0 Å². The molecule has 37 heavy (non-hydrogen) atoms. The Morgan fingerprint density at radius 1 is 1.08 bits per heavy atom. The Kier molecular flexibility index (Phi) is 5.55. The van der Waals surface area contributed by atoms with Crippen molar-refractivity contribution in [1.29, 1.82) is 5.26 Å². The summed E-state index contributed by atoms with van der Waals surface area (Å²) in [7, 11) is 0. The van der Waals surface area contributed by atoms with Crippen LogP contribution in [0.1, 0.15) is 35.9 Å². The molecule has 10 nitrogen and oxygen atoms in total. The second-order valence-corrected chi connectivity index (χ2v) is 8.06. The number of nitrogens with two attached hydrogens (primary N) is 1. The normalized spacial score (nSPS) is 12.6. The number of alkyl halides is 3. The van der Waals surface area contributed by atoms with Crippen LogP contribution in [-0.4, -0.2) is 39.5 Å². The van der Waals surface area contributed by atoms with Gasteiger partial charge in [0.05, 0.1) is 17.1 Å². The lowest BCUT2D eigenvalue weighted by Gasteiger charge is -2.15. The van der Waals surface area contributed by atoms with Gasteiger partial charge in [-0.25, -0.2) is 29.0 Å². The first-order valence-electron chi connectivity index (χ1n) is 10.7. The Labute approximate surface area is 206 Å². The topological polar surface area (TPSA) is 137 Å². The average molecular weight is 508 g/mol. The number of anilines is 1. The van der Waals surface area contributed by atoms with Crippen molar-refractivity contribution in [2.24, 2.45) is 0 Å². The molecule has 0 radical (unpaired) electrons. The Bertz CT molecular complexity index is 1680. The lowest BCUT2D eigenvalue weighted by Crippen LogP contribution is -2.12. The number of fused-ring (bicyclic) bond motifs is 1. The molecule has 0 spiro atoms. The lowest BCUT2D eigenvalue weighted by molar-refractivity contribution is -0.144. The number of aromatic nitrogens is 8. The molecule has 0 bridgehead atoms. The van der Waals surface area contributed by atoms with E-state index in [4.69, 9.17) is 5.73 Å². The minimum atomic E-state index is -4.73. The number of benzene rings is 1. The Morgan fingerprint density at radius 3 is 2.43 bits per heavy atom. The highest BCUT2D eigenvalue weighted by Crippen LogP contribution is 2.39. The maximum Gasteiger partial charge on any atom is 0.451 e. The number of hydrogen-bond donors (Lipinski definition) is 1. The van der Waals surface area contributed by atoms with E-state index in [0.29, 0.717) is 11.4 Å². The summed E-state index contributed by atoms with van der Waals surface area (Å²) >= 11 is 0. The second-order valence-electron chi connectivity index (χ2n) is 8.06. The molecule has 1 unspecified atom stereocenters. The molecule has 0 fully saturated rings. The average Bonchev–Trinajstić information content (AvgIpc) is 3.42. The highest BCUT2D eigenvalue weighted by Gasteiger charge is 2.35. The summed E-state index contributed by atoms with van der Waals surface area (Å²) in [6, 6.07) is 7.48. The highest BCUT2D eigenvalue weighted by atomic mass is 19.4. The third-order valence-corrected chi connectivity index (χ3v) is 5.91. The zero-order valence-electron chi connectivity index (χ0n) is 19.2. The highest BCUT2D eigenvalue weighted by molar-refractivity contribution is 6.03. The van der Waals surface area contributed by atoms with E-state index >= 15 is 0 Å². The van der Waals surface area contributed by atoms with Crippen LogP contribution in [0.5, 0.6) is 0 Å². The molecule has 5 aromatic rings. The van der Waals surface area contributed by atoms with E-state index in [2.05, 4.69) is 36.3 Å². The molecular formula is C23H16F4N10. The minimum absolute atomic E-state index is 0.00841. The van der Waals surface area contributed by atoms with Gasteiger partial charge in [0, 0.05) is 23.5 Å². The third kappa shape index (κ3) is 3.80. The molecule has 186 valence electrons. The van der Waals surface area contributed by atoms with E-state index in [-0.39, 0.29) is 39.4 Å². The summed E-state index contributed by atoms with van der Waals surface area (Å²) in [5.74, 6) is -1.81. The van der Waals surface area contributed by atoms with Crippen molar-refractivity contribution in [2.45, 2.75) is 26.1 Å². The van der Waals surface area contributed by atoms with Crippen molar-refractivity contribution in [1.82, 2.24) is 39.5 Å². The van der Waals surface area contributed by atoms with Gasteiger partial charge in [-0.3, -0.25) is 0 Å². The SMILES string of the molecule is Cc1c(C(C)n2c(C#N)c(-c3cnc(C(F)(F)F)nc3)c3c(N)ncnc32)nnn1-c1ccccc1F. The Hall–Kier alpha value is -4.93. The van der Waals surface area contributed by atoms with Gasteiger partial charge in [-0.05, 0) is 26.0 Å². The largest absolute Gasteiger partial charge is 0.451 e. The number of hydrogen-bond acceptors (Lipinski definition) is 8. The number of halogens is 4. The van der Waals surface area contributed by atoms with Gasteiger partial charge in [0.25, 0.3) is 0 Å². The van der Waals surface area contributed by atoms with Gasteiger partial charge in [0.15, 0.2) is 0 Å². The molecule has 1 aromatic carbocycles. The quantitative estimate of drug-likeness (QED) is 0.360. The first-order valence-corrected chi connectivity index (χ1v) is 10.7. The predicted octanol–water partition coefficient (Wildman–Crippen LogP) is 4.00. The Morgan fingerprint density at radius 2 is 1.78 bits per heavy atom. The molecule has 0 aliphatic rings. The van der Waals surface area contributed by atoms with E-state index in [0.717, 1.165) is 12.4 Å². The van der Waals surface area contributed by atoms with E-state index in [9.17, 15) is 22.8 Å². The maximum atomic E-state index is 14.4. The van der Waals surface area contributed by atoms with Crippen LogP contribution in [0, 0.1) is 24.1 Å². The summed E-state index contributed by atoms with van der Waals surface area (Å²) in [5, 5.41) is 18.7. The smallest absolute Gasteiger partial charge is 0.383 e. The van der Waals surface area contributed by atoms with Gasteiger partial charge >= 0.3 is 6.18 Å². The van der Waals surface area contributed by atoms with Gasteiger partial charge in [0.2, 0.25) is 5.82 Å². The zero-order chi connectivity index (χ0) is 26.5. The molecule has 0 saturated carbocycles. The molecule has 5 rings (SSSR count). The van der Waals surface area contributed by atoms with Gasteiger partial charge in [-0.15, -0.1) is 5.10 Å². The number of nitrogens with zero attached hydrogens (tertiary/aromatic N) is 9. The molecule has 0 aliphatic carbocycles. The summed E-state index contributed by atoms with van der Waals surface area (Å²) in [5.41, 5.74) is 7.79. The van der Waals surface area contributed by atoms with Crippen molar-refractivity contribution in [3.63, 3.8) is 0 Å². The van der Waals surface area contributed by atoms with Gasteiger partial charge < -0.3 is 10.3 Å². The second kappa shape index (κ2) is 8.63. The molecule has 0 amide bonds. The van der Waals surface area contributed by atoms with E-state index in [1.54, 1.807) is 32.0 Å². The first kappa shape index (κ1) is 23.8. The molecule has 4 aromatic heterocycles. The van der Waals surface area contributed by atoms with Gasteiger partial charge in [-0.2, -0.15) is 18.4 Å². The van der Waals surface area contributed by atoms with E-state index in [1.807, 2.05) is 0 Å². The molecule has 14 heteroatoms. The third-order valence-electron chi connectivity index (χ3n) is 5.91. The monoisotopic (exact) mass is 508 g/mol. The number of nitriles is 1. The molecule has 2 N–H and O–H groups in total. The van der Waals surface area contributed by atoms with Crippen molar-refractivity contribution < 1.29 is 17.6 Å². The van der Waals surface area contributed by atoms with Crippen molar-refractivity contribution in [2.75, 3.05) is 5.73 Å². The molecule has 4 heterocycles. The lowest BCUT2D eigenvalue weighted by atomic mass is 10.1. The van der Waals surface area contributed by atoms with Crippen LogP contribution in [0.3, 0.4) is 0 Å². The van der Waals surface area contributed by atoms with E-state index < -0.39 is 23.9 Å². The molecular weight excluding hydrogens is 492 g/mol. The summed E-state index contributed by atoms with van der Waals surface area (Å²) in [6.07, 6.45) is -1.60. The Balaban J connectivity index is 1.71. The number of nitrogen functional groups attached to an aromatic ring is 1. The summed E-state index contributed by atoms with van der Waals surface area (Å²) in [6.45, 7) is 3.43. The molecule has 0 aliphatic heterocycles. The number of rotatable bonds is 4. The minimum Gasteiger partial charge on any atom is -0.383 e. The fraction of sp³-hybridized carbons (Fsp3) is 0.174. The van der Waals surface area contributed by atoms with Crippen LogP contribution in [0.2, 0.25) is 0 Å². The van der Waals surface area contributed by atoms with Crippen LogP contribution < -0.4 is 5.73 Å². The van der Waals surface area contributed by atoms with Crippen molar-refractivity contribution in [3.8, 4) is 22.9 Å². The summed E-state index contributed by atoms with van der Waals surface area (Å²) in [4.78, 5) is 15.1. The van der Waals surface area contributed by atoms with Crippen molar-refractivity contribution in [3.05, 3.63) is 71.7 Å². The summed E-state index contributed by atoms with van der Waals surface area (Å²) < 4.78 is 56.3. The van der Waals surface area contributed by atoms with Crippen LogP contribution in [0.15, 0.2) is 43.0 Å². The standard InChI is InChI=1S/C23H16F4N10/c1-11(19-12(2)37(35-34-19)15-6-4-3-5-14(15)24)36-16(7-28)17(18-20(29)32-10-33-21(18)36)13-8-30-22(31-9-13)23(25,26)27/h3-6,8-11H,1-2H3,(H2,29,32,33). The molecule has 0 saturated heterocycles. The van der Waals surface area contributed by atoms with Gasteiger partial charge in [-0.1, -0.05) is 17.3 Å². The van der Waals surface area contributed by atoms with E-state index in [1.165, 1.54) is 21.6 Å². The number of para-hydroxylation sites is 1. The maximum absolute atomic E-state index is 14.4. The zero-order valence-corrected chi connectivity index (χ0v) is 19.2. The predicted molar refractivity (Wildman–Crippen MR) is 123 cm³/mol. The van der Waals surface area contributed by atoms with Gasteiger partial charge in [0.1, 0.15) is 46.8 Å². The molecule has 1 atom stereocenters. The first-order chi connectivity index (χ1) is 17.6. The van der Waals surface area contributed by atoms with Crippen molar-refractivity contribution >= 4 is 16.9 Å². The van der Waals surface area contributed by atoms with Crippen LogP contribution in [-0.2, 0) is 6.18 Å².